The van der Waals surface area contributed by atoms with Crippen LogP contribution in [-0.4, -0.2) is 96.9 Å². The van der Waals surface area contributed by atoms with Crippen LogP contribution in [0.25, 0.3) is 0 Å². The van der Waals surface area contributed by atoms with Crippen LogP contribution in [0.2, 0.25) is 0 Å². The molecule has 2 rings (SSSR count). The van der Waals surface area contributed by atoms with Crippen LogP contribution in [0.4, 0.5) is 5.82 Å². The van der Waals surface area contributed by atoms with E-state index in [1.807, 2.05) is 18.2 Å². The highest BCUT2D eigenvalue weighted by atomic mass is 31.3. The molecule has 0 aliphatic carbocycles. The summed E-state index contributed by atoms with van der Waals surface area (Å²) in [5.41, 5.74) is 4.57. The number of hydrogen-bond donors (Lipinski definition) is 6. The number of phosphoric acid groups is 2. The van der Waals surface area contributed by atoms with Gasteiger partial charge in [-0.2, -0.15) is 9.29 Å². The maximum atomic E-state index is 12.8. The number of hydrogen-bond acceptors (Lipinski definition) is 16. The minimum Gasteiger partial charge on any atom is -0.462 e. The van der Waals surface area contributed by atoms with Crippen LogP contribution in [-0.2, 0) is 46.3 Å². The summed E-state index contributed by atoms with van der Waals surface area (Å²) in [7, 11) is -10.9. The molecule has 376 valence electrons. The maximum absolute atomic E-state index is 12.8. The average Bonchev–Trinajstić information content (AvgIpc) is 3.52. The minimum atomic E-state index is -5.43. The predicted octanol–water partition coefficient (Wildman–Crippen LogP) is 7.43. The Bertz CT molecular complexity index is 1820. The highest BCUT2D eigenvalue weighted by Crippen LogP contribution is 2.60. The second kappa shape index (κ2) is 33.2. The van der Waals surface area contributed by atoms with Crippen molar-refractivity contribution in [3.63, 3.8) is 0 Å². The topological polar surface area (TPSA) is 286 Å². The summed E-state index contributed by atoms with van der Waals surface area (Å²) in [4.78, 5) is 61.6. The van der Waals surface area contributed by atoms with Gasteiger partial charge < -0.3 is 45.1 Å². The molecule has 8 atom stereocenters. The van der Waals surface area contributed by atoms with Crippen molar-refractivity contribution in [2.45, 2.75) is 173 Å². The molecular weight excluding hydrogens is 900 g/mol. The lowest BCUT2D eigenvalue weighted by Gasteiger charge is -2.21. The van der Waals surface area contributed by atoms with Gasteiger partial charge in [0.05, 0.1) is 19.3 Å². The maximum Gasteiger partial charge on any atom is 0.481 e. The molecule has 19 nitrogen and oxygen atoms in total. The van der Waals surface area contributed by atoms with Crippen LogP contribution in [0, 0.1) is 5.92 Å². The number of aliphatic hydroxyl groups excluding tert-OH is 3. The highest BCUT2D eigenvalue weighted by molar-refractivity contribution is 7.61. The molecule has 1 fully saturated rings. The zero-order valence-electron chi connectivity index (χ0n) is 38.8. The van der Waals surface area contributed by atoms with Crippen LogP contribution in [0.3, 0.4) is 0 Å². The van der Waals surface area contributed by atoms with Gasteiger partial charge in [-0.25, -0.2) is 13.9 Å². The lowest BCUT2D eigenvalue weighted by molar-refractivity contribution is -0.161. The molecule has 7 N–H and O–H groups in total. The number of aliphatic hydroxyl groups is 3. The molecule has 1 saturated heterocycles. The molecular formula is C45H75N3O16P2. The third-order valence-corrected chi connectivity index (χ3v) is 12.7. The van der Waals surface area contributed by atoms with Crippen molar-refractivity contribution in [3.8, 4) is 0 Å². The van der Waals surface area contributed by atoms with Crippen molar-refractivity contribution in [2.24, 2.45) is 5.92 Å². The van der Waals surface area contributed by atoms with E-state index in [1.54, 1.807) is 6.92 Å². The van der Waals surface area contributed by atoms with Crippen molar-refractivity contribution in [2.75, 3.05) is 25.6 Å². The van der Waals surface area contributed by atoms with Crippen LogP contribution < -0.4 is 11.4 Å². The van der Waals surface area contributed by atoms with Gasteiger partial charge in [0.15, 0.2) is 12.3 Å². The van der Waals surface area contributed by atoms with E-state index in [9.17, 15) is 48.6 Å². The monoisotopic (exact) mass is 975 g/mol. The SMILES string of the molecule is CC(C)CCCCCCCCCC(=O)O[C@H](COC(=O)CCC/C=C\C/C=C\C/C=C\C/C=C\CCC[C@@H](C)O)COP(=O)(O)OP(=O)(O)OC[C@H]1O[C@@H](n2ccc(N)nc2=O)[C@H](O)[C@@H]1O. The molecule has 0 amide bonds. The van der Waals surface area contributed by atoms with Gasteiger partial charge in [-0.05, 0) is 76.7 Å². The molecule has 2 heterocycles. The number of aromatic nitrogens is 2. The molecule has 21 heteroatoms. The first kappa shape index (κ1) is 58.8. The fourth-order valence-electron chi connectivity index (χ4n) is 6.51. The van der Waals surface area contributed by atoms with Crippen LogP contribution >= 0.6 is 15.6 Å². The zero-order valence-corrected chi connectivity index (χ0v) is 40.5. The van der Waals surface area contributed by atoms with Crippen LogP contribution in [0.5, 0.6) is 0 Å². The van der Waals surface area contributed by atoms with E-state index in [0.29, 0.717) is 25.2 Å². The number of carbonyl (C=O) groups excluding carboxylic acids is 2. The van der Waals surface area contributed by atoms with Crippen LogP contribution in [0.1, 0.15) is 143 Å². The second-order valence-electron chi connectivity index (χ2n) is 16.7. The number of anilines is 1. The fraction of sp³-hybridized carbons (Fsp3) is 0.689. The summed E-state index contributed by atoms with van der Waals surface area (Å²) >= 11 is 0. The quantitative estimate of drug-likeness (QED) is 0.0165. The van der Waals surface area contributed by atoms with Gasteiger partial charge in [0, 0.05) is 19.0 Å². The van der Waals surface area contributed by atoms with Crippen molar-refractivity contribution in [1.29, 1.82) is 0 Å². The standard InChI is InChI=1S/C45H75N3O16P2/c1-35(2)26-22-18-14-13-17-21-25-29-41(51)62-37(32-59-40(50)28-24-20-16-12-10-8-6-4-5-7-9-11-15-19-23-27-36(3)49)33-60-65(55,56)64-66(57,58)61-34-38-42(52)43(53)44(63-38)48-31-30-39(46)47-45(48)54/h5-8,11-12,15-16,30-31,35-38,42-44,49,52-53H,4,9-10,13-14,17-29,32-34H2,1-3H3,(H,55,56)(H,57,58)(H2,46,47,54)/b7-5-,8-6-,15-11-,16-12-/t36-,37-,38-,42-,43-,44-/m1/s1. The molecule has 1 aliphatic rings. The Labute approximate surface area is 389 Å². The zero-order chi connectivity index (χ0) is 48.8. The Morgan fingerprint density at radius 1 is 0.773 bits per heavy atom. The molecule has 1 aromatic rings. The summed E-state index contributed by atoms with van der Waals surface area (Å²) in [5, 5.41) is 30.1. The Morgan fingerprint density at radius 3 is 1.94 bits per heavy atom. The summed E-state index contributed by atoms with van der Waals surface area (Å²) < 4.78 is 56.5. The third kappa shape index (κ3) is 27.5. The number of allylic oxidation sites excluding steroid dienone is 8. The first-order chi connectivity index (χ1) is 31.4. The third-order valence-electron chi connectivity index (χ3n) is 10.1. The van der Waals surface area contributed by atoms with Crippen LogP contribution in [0.15, 0.2) is 65.7 Å². The van der Waals surface area contributed by atoms with Gasteiger partial charge in [0.25, 0.3) is 0 Å². The van der Waals surface area contributed by atoms with E-state index >= 15 is 0 Å². The summed E-state index contributed by atoms with van der Waals surface area (Å²) in [5.74, 6) is -0.712. The number of rotatable bonds is 36. The molecule has 0 radical (unpaired) electrons. The molecule has 0 bridgehead atoms. The predicted molar refractivity (Wildman–Crippen MR) is 248 cm³/mol. The number of ether oxygens (including phenoxy) is 3. The van der Waals surface area contributed by atoms with E-state index in [0.717, 1.165) is 81.4 Å². The first-order valence-corrected chi connectivity index (χ1v) is 26.0. The van der Waals surface area contributed by atoms with Gasteiger partial charge >= 0.3 is 33.3 Å². The van der Waals surface area contributed by atoms with Gasteiger partial charge in [-0.3, -0.25) is 23.2 Å². The van der Waals surface area contributed by atoms with E-state index < -0.39 is 83.7 Å². The van der Waals surface area contributed by atoms with Gasteiger partial charge in [0.2, 0.25) is 0 Å². The molecule has 66 heavy (non-hydrogen) atoms. The number of nitrogens with zero attached hydrogens (tertiary/aromatic N) is 2. The number of nitrogen functional groups attached to an aromatic ring is 1. The summed E-state index contributed by atoms with van der Waals surface area (Å²) in [6.45, 7) is 3.83. The normalized spacial score (nSPS) is 20.7. The number of esters is 2. The van der Waals surface area contributed by atoms with Gasteiger partial charge in [-0.1, -0.05) is 107 Å². The summed E-state index contributed by atoms with van der Waals surface area (Å²) in [6, 6.07) is 1.24. The Balaban J connectivity index is 1.84. The molecule has 2 unspecified atom stereocenters. The molecule has 0 spiro atoms. The number of unbranched alkanes of at least 4 members (excludes halogenated alkanes) is 8. The molecule has 0 aromatic carbocycles. The molecule has 1 aliphatic heterocycles. The van der Waals surface area contributed by atoms with Gasteiger partial charge in [-0.15, -0.1) is 0 Å². The minimum absolute atomic E-state index is 0.0293. The lowest BCUT2D eigenvalue weighted by Crippen LogP contribution is -2.36. The Kier molecular flexibility index (Phi) is 29.6. The lowest BCUT2D eigenvalue weighted by atomic mass is 10.0. The van der Waals surface area contributed by atoms with Crippen molar-refractivity contribution < 1.29 is 71.4 Å². The summed E-state index contributed by atoms with van der Waals surface area (Å²) in [6.07, 6.45) is 23.9. The van der Waals surface area contributed by atoms with E-state index in [1.165, 1.54) is 18.9 Å². The molecule has 0 saturated carbocycles. The Hall–Kier alpha value is -3.32. The van der Waals surface area contributed by atoms with Crippen molar-refractivity contribution in [1.82, 2.24) is 9.55 Å². The number of phosphoric ester groups is 2. The number of nitrogens with two attached hydrogens (primary N) is 1. The highest BCUT2D eigenvalue weighted by Gasteiger charge is 2.46. The number of carbonyl (C=O) groups is 2. The van der Waals surface area contributed by atoms with Gasteiger partial charge in [0.1, 0.15) is 30.7 Å². The van der Waals surface area contributed by atoms with Crippen molar-refractivity contribution in [3.05, 3.63) is 71.4 Å². The van der Waals surface area contributed by atoms with E-state index in [4.69, 9.17) is 29.0 Å². The fourth-order valence-corrected chi connectivity index (χ4v) is 8.62. The first-order valence-electron chi connectivity index (χ1n) is 23.0. The largest absolute Gasteiger partial charge is 0.481 e. The molecule has 1 aromatic heterocycles. The second-order valence-corrected chi connectivity index (χ2v) is 19.7. The van der Waals surface area contributed by atoms with Crippen molar-refractivity contribution >= 4 is 33.4 Å². The van der Waals surface area contributed by atoms with E-state index in [-0.39, 0.29) is 24.8 Å². The smallest absolute Gasteiger partial charge is 0.462 e. The Morgan fingerprint density at radius 2 is 1.33 bits per heavy atom. The van der Waals surface area contributed by atoms with E-state index in [2.05, 4.69) is 53.5 Å². The average molecular weight is 976 g/mol.